The third-order valence-corrected chi connectivity index (χ3v) is 1.70. The molecule has 4 heteroatoms. The van der Waals surface area contributed by atoms with E-state index in [1.54, 1.807) is 12.3 Å². The van der Waals surface area contributed by atoms with Crippen LogP contribution < -0.4 is 4.74 Å². The molecular formula is C8H7ClN2O. The van der Waals surface area contributed by atoms with Crippen molar-refractivity contribution in [3.8, 4) is 11.8 Å². The van der Waals surface area contributed by atoms with Gasteiger partial charge in [0.05, 0.1) is 36.5 Å². The standard InChI is InChI=1S/C8H7ClN2O/c1-12-6-4-7(9)8(2-3-10)11-5-6/h4-5H,2H2,1H3. The largest absolute Gasteiger partial charge is 0.495 e. The van der Waals surface area contributed by atoms with Crippen LogP contribution in [0.1, 0.15) is 5.69 Å². The van der Waals surface area contributed by atoms with E-state index in [-0.39, 0.29) is 6.42 Å². The Bertz CT molecular complexity index is 319. The number of rotatable bonds is 2. The van der Waals surface area contributed by atoms with Gasteiger partial charge >= 0.3 is 0 Å². The number of nitriles is 1. The molecule has 0 aliphatic rings. The maximum atomic E-state index is 8.39. The number of ether oxygens (including phenoxy) is 1. The molecule has 0 unspecified atom stereocenters. The van der Waals surface area contributed by atoms with Gasteiger partial charge in [0.2, 0.25) is 0 Å². The molecule has 0 atom stereocenters. The Balaban J connectivity index is 2.97. The zero-order chi connectivity index (χ0) is 8.97. The summed E-state index contributed by atoms with van der Waals surface area (Å²) in [5, 5.41) is 8.86. The van der Waals surface area contributed by atoms with Gasteiger partial charge in [-0.05, 0) is 0 Å². The minimum Gasteiger partial charge on any atom is -0.495 e. The molecule has 1 aromatic heterocycles. The maximum absolute atomic E-state index is 8.39. The number of aromatic nitrogens is 1. The van der Waals surface area contributed by atoms with Crippen LogP contribution in [0.15, 0.2) is 12.3 Å². The van der Waals surface area contributed by atoms with Gasteiger partial charge in [-0.15, -0.1) is 0 Å². The highest BCUT2D eigenvalue weighted by atomic mass is 35.5. The molecule has 0 aliphatic heterocycles. The molecule has 0 fully saturated rings. The fourth-order valence-corrected chi connectivity index (χ4v) is 0.988. The highest BCUT2D eigenvalue weighted by Gasteiger charge is 2.02. The van der Waals surface area contributed by atoms with Gasteiger partial charge in [0.15, 0.2) is 0 Å². The van der Waals surface area contributed by atoms with E-state index in [0.29, 0.717) is 16.5 Å². The molecule has 0 radical (unpaired) electrons. The number of halogens is 1. The molecule has 0 N–H and O–H groups in total. The molecule has 0 spiro atoms. The summed E-state index contributed by atoms with van der Waals surface area (Å²) in [6.07, 6.45) is 1.77. The Hall–Kier alpha value is -1.27. The summed E-state index contributed by atoms with van der Waals surface area (Å²) >= 11 is 5.79. The van der Waals surface area contributed by atoms with Crippen molar-refractivity contribution >= 4 is 11.6 Å². The van der Waals surface area contributed by atoms with E-state index in [0.717, 1.165) is 0 Å². The number of nitrogens with zero attached hydrogens (tertiary/aromatic N) is 2. The van der Waals surface area contributed by atoms with Gasteiger partial charge in [0.1, 0.15) is 5.75 Å². The van der Waals surface area contributed by atoms with Crippen LogP contribution in [0, 0.1) is 11.3 Å². The van der Waals surface area contributed by atoms with Crippen molar-refractivity contribution in [3.63, 3.8) is 0 Å². The van der Waals surface area contributed by atoms with Crippen LogP contribution in [-0.2, 0) is 6.42 Å². The van der Waals surface area contributed by atoms with E-state index in [2.05, 4.69) is 4.98 Å². The first-order chi connectivity index (χ1) is 5.77. The highest BCUT2D eigenvalue weighted by Crippen LogP contribution is 2.19. The Morgan fingerprint density at radius 2 is 2.50 bits per heavy atom. The van der Waals surface area contributed by atoms with Crippen molar-refractivity contribution in [1.29, 1.82) is 5.26 Å². The van der Waals surface area contributed by atoms with Gasteiger partial charge in [0.25, 0.3) is 0 Å². The first kappa shape index (κ1) is 8.82. The number of hydrogen-bond donors (Lipinski definition) is 0. The Kier molecular flexibility index (Phi) is 2.89. The molecular weight excluding hydrogens is 176 g/mol. The SMILES string of the molecule is COc1cnc(CC#N)c(Cl)c1. The maximum Gasteiger partial charge on any atom is 0.138 e. The van der Waals surface area contributed by atoms with Crippen LogP contribution in [-0.4, -0.2) is 12.1 Å². The van der Waals surface area contributed by atoms with Gasteiger partial charge < -0.3 is 4.74 Å². The third-order valence-electron chi connectivity index (χ3n) is 1.37. The molecule has 0 aromatic carbocycles. The van der Waals surface area contributed by atoms with Gasteiger partial charge in [0, 0.05) is 6.07 Å². The lowest BCUT2D eigenvalue weighted by Crippen LogP contribution is -1.91. The van der Waals surface area contributed by atoms with Crippen molar-refractivity contribution < 1.29 is 4.74 Å². The van der Waals surface area contributed by atoms with Gasteiger partial charge in [-0.25, -0.2) is 0 Å². The average molecular weight is 183 g/mol. The molecule has 0 saturated heterocycles. The second kappa shape index (κ2) is 3.93. The Morgan fingerprint density at radius 3 is 3.00 bits per heavy atom. The predicted octanol–water partition coefficient (Wildman–Crippen LogP) is 1.81. The molecule has 12 heavy (non-hydrogen) atoms. The van der Waals surface area contributed by atoms with Crippen LogP contribution in [0.3, 0.4) is 0 Å². The minimum absolute atomic E-state index is 0.225. The first-order valence-corrected chi connectivity index (χ1v) is 3.71. The second-order valence-electron chi connectivity index (χ2n) is 2.14. The second-order valence-corrected chi connectivity index (χ2v) is 2.55. The van der Waals surface area contributed by atoms with Crippen molar-refractivity contribution in [2.45, 2.75) is 6.42 Å². The molecule has 0 amide bonds. The van der Waals surface area contributed by atoms with E-state index in [1.807, 2.05) is 6.07 Å². The van der Waals surface area contributed by atoms with E-state index in [9.17, 15) is 0 Å². The molecule has 0 saturated carbocycles. The van der Waals surface area contributed by atoms with E-state index in [4.69, 9.17) is 21.6 Å². The predicted molar refractivity (Wildman–Crippen MR) is 45.1 cm³/mol. The summed E-state index contributed by atoms with van der Waals surface area (Å²) in [5.74, 6) is 0.599. The van der Waals surface area contributed by atoms with E-state index in [1.165, 1.54) is 7.11 Å². The van der Waals surface area contributed by atoms with Gasteiger partial charge in [-0.3, -0.25) is 4.98 Å². The fourth-order valence-electron chi connectivity index (χ4n) is 0.765. The third kappa shape index (κ3) is 1.86. The lowest BCUT2D eigenvalue weighted by atomic mass is 10.3. The van der Waals surface area contributed by atoms with Crippen LogP contribution in [0.4, 0.5) is 0 Å². The molecule has 1 aromatic rings. The lowest BCUT2D eigenvalue weighted by Gasteiger charge is -2.01. The minimum atomic E-state index is 0.225. The molecule has 1 heterocycles. The summed E-state index contributed by atoms with van der Waals surface area (Å²) in [4.78, 5) is 3.96. The molecule has 62 valence electrons. The van der Waals surface area contributed by atoms with Crippen LogP contribution in [0.5, 0.6) is 5.75 Å². The first-order valence-electron chi connectivity index (χ1n) is 3.33. The zero-order valence-electron chi connectivity index (χ0n) is 6.54. The Labute approximate surface area is 75.6 Å². The molecule has 0 bridgehead atoms. The number of methoxy groups -OCH3 is 1. The highest BCUT2D eigenvalue weighted by molar-refractivity contribution is 6.31. The summed E-state index contributed by atoms with van der Waals surface area (Å²) in [6, 6.07) is 3.61. The summed E-state index contributed by atoms with van der Waals surface area (Å²) in [7, 11) is 1.54. The fraction of sp³-hybridized carbons (Fsp3) is 0.250. The zero-order valence-corrected chi connectivity index (χ0v) is 7.30. The van der Waals surface area contributed by atoms with Gasteiger partial charge in [-0.1, -0.05) is 11.6 Å². The van der Waals surface area contributed by atoms with Crippen LogP contribution in [0.2, 0.25) is 5.02 Å². The number of hydrogen-bond acceptors (Lipinski definition) is 3. The van der Waals surface area contributed by atoms with Crippen molar-refractivity contribution in [2.75, 3.05) is 7.11 Å². The topological polar surface area (TPSA) is 45.9 Å². The van der Waals surface area contributed by atoms with Crippen LogP contribution in [0.25, 0.3) is 0 Å². The average Bonchev–Trinajstić information content (AvgIpc) is 2.09. The van der Waals surface area contributed by atoms with Crippen LogP contribution >= 0.6 is 11.6 Å². The smallest absolute Gasteiger partial charge is 0.138 e. The summed E-state index contributed by atoms with van der Waals surface area (Å²) in [6.45, 7) is 0. The molecule has 3 nitrogen and oxygen atoms in total. The Morgan fingerprint density at radius 1 is 1.75 bits per heavy atom. The lowest BCUT2D eigenvalue weighted by molar-refractivity contribution is 0.412. The molecule has 1 rings (SSSR count). The quantitative estimate of drug-likeness (QED) is 0.701. The number of pyridine rings is 1. The van der Waals surface area contributed by atoms with Gasteiger partial charge in [-0.2, -0.15) is 5.26 Å². The van der Waals surface area contributed by atoms with E-state index < -0.39 is 0 Å². The molecule has 0 aliphatic carbocycles. The van der Waals surface area contributed by atoms with Crippen molar-refractivity contribution in [2.24, 2.45) is 0 Å². The van der Waals surface area contributed by atoms with Crippen molar-refractivity contribution in [1.82, 2.24) is 4.98 Å². The summed E-state index contributed by atoms with van der Waals surface area (Å²) < 4.78 is 4.90. The summed E-state index contributed by atoms with van der Waals surface area (Å²) in [5.41, 5.74) is 0.583. The monoisotopic (exact) mass is 182 g/mol. The normalized spacial score (nSPS) is 9.08. The van der Waals surface area contributed by atoms with Crippen molar-refractivity contribution in [3.05, 3.63) is 23.0 Å². The van der Waals surface area contributed by atoms with E-state index >= 15 is 0 Å².